The van der Waals surface area contributed by atoms with Crippen molar-refractivity contribution in [3.05, 3.63) is 64.4 Å². The fourth-order valence-corrected chi connectivity index (χ4v) is 11.9. The van der Waals surface area contributed by atoms with Gasteiger partial charge in [-0.2, -0.15) is 10.1 Å². The average molecular weight is 959 g/mol. The number of rotatable bonds is 8. The quantitative estimate of drug-likeness (QED) is 0.138. The number of benzene rings is 2. The smallest absolute Gasteiger partial charge is 0.301 e. The number of amides is 2. The van der Waals surface area contributed by atoms with Crippen molar-refractivity contribution in [2.24, 2.45) is 30.2 Å². The molecule has 1 saturated carbocycles. The van der Waals surface area contributed by atoms with E-state index in [0.29, 0.717) is 74.4 Å². The molecule has 11 rings (SSSR count). The summed E-state index contributed by atoms with van der Waals surface area (Å²) < 4.78 is 53.7. The Labute approximate surface area is 398 Å². The van der Waals surface area contributed by atoms with Crippen molar-refractivity contribution in [3.63, 3.8) is 0 Å². The van der Waals surface area contributed by atoms with E-state index in [9.17, 15) is 14.7 Å². The van der Waals surface area contributed by atoms with E-state index in [4.69, 9.17) is 21.3 Å². The third kappa shape index (κ3) is 8.26. The number of aliphatic hydroxyl groups is 1. The first-order chi connectivity index (χ1) is 32.6. The number of aryl methyl sites for hydroxylation is 1. The summed E-state index contributed by atoms with van der Waals surface area (Å²) in [5.74, 6) is -2.81. The number of imide groups is 1. The van der Waals surface area contributed by atoms with Crippen LogP contribution in [0.5, 0.6) is 0 Å². The molecule has 4 saturated heterocycles. The van der Waals surface area contributed by atoms with Crippen molar-refractivity contribution in [1.29, 1.82) is 0 Å². The Morgan fingerprint density at radius 3 is 2.47 bits per heavy atom. The number of fused-ring (bicyclic) bond motifs is 3. The average Bonchev–Trinajstić information content (AvgIpc) is 4.13. The Hall–Kier alpha value is -5.33. The lowest BCUT2D eigenvalue weighted by molar-refractivity contribution is -0.134. The zero-order valence-electron chi connectivity index (χ0n) is 38.7. The summed E-state index contributed by atoms with van der Waals surface area (Å²) in [7, 11) is 3.52. The summed E-state index contributed by atoms with van der Waals surface area (Å²) in [6.07, 6.45) is 7.79. The summed E-state index contributed by atoms with van der Waals surface area (Å²) in [6, 6.07) is 7.84. The van der Waals surface area contributed by atoms with Crippen LogP contribution in [0.1, 0.15) is 81.9 Å². The third-order valence-corrected chi connectivity index (χ3v) is 16.5. The van der Waals surface area contributed by atoms with Gasteiger partial charge < -0.3 is 40.1 Å². The summed E-state index contributed by atoms with van der Waals surface area (Å²) in [4.78, 5) is 42.6. The lowest BCUT2D eigenvalue weighted by atomic mass is 9.71. The van der Waals surface area contributed by atoms with Crippen LogP contribution in [0.3, 0.4) is 0 Å². The molecule has 2 unspecified atom stereocenters. The molecule has 5 fully saturated rings. The number of likely N-dealkylation sites (tertiary alicyclic amines) is 1. The van der Waals surface area contributed by atoms with Gasteiger partial charge in [-0.25, -0.2) is 18.2 Å². The number of ether oxygens (including phenoxy) is 1. The molecule has 362 valence electrons. The van der Waals surface area contributed by atoms with Gasteiger partial charge in [0.25, 0.3) is 0 Å². The molecule has 2 amide bonds. The summed E-state index contributed by atoms with van der Waals surface area (Å²) in [5, 5.41) is 25.5. The molecule has 5 atom stereocenters. The zero-order chi connectivity index (χ0) is 47.2. The van der Waals surface area contributed by atoms with Gasteiger partial charge in [-0.1, -0.05) is 18.5 Å². The maximum atomic E-state index is 15.9. The van der Waals surface area contributed by atoms with E-state index >= 15 is 13.2 Å². The molecule has 0 radical (unpaired) electrons. The van der Waals surface area contributed by atoms with E-state index in [0.717, 1.165) is 96.3 Å². The van der Waals surface area contributed by atoms with E-state index in [1.807, 2.05) is 31.3 Å². The summed E-state index contributed by atoms with van der Waals surface area (Å²) in [6.45, 7) is 7.81. The van der Waals surface area contributed by atoms with Crippen LogP contribution in [0.2, 0.25) is 5.02 Å². The molecule has 0 bridgehead atoms. The predicted molar refractivity (Wildman–Crippen MR) is 253 cm³/mol. The van der Waals surface area contributed by atoms with Crippen LogP contribution in [0.25, 0.3) is 16.6 Å². The minimum atomic E-state index is -3.09. The monoisotopic (exact) mass is 957 g/mol. The lowest BCUT2D eigenvalue weighted by Gasteiger charge is -2.48. The van der Waals surface area contributed by atoms with Crippen LogP contribution in [0.4, 0.5) is 42.0 Å². The number of aliphatic hydroxyl groups excluding tert-OH is 1. The molecule has 2 aromatic carbocycles. The maximum Gasteiger partial charge on any atom is 0.301 e. The topological polar surface area (TPSA) is 156 Å². The number of alkyl halides is 2. The second-order valence-corrected chi connectivity index (χ2v) is 21.0. The van der Waals surface area contributed by atoms with Gasteiger partial charge in [0, 0.05) is 75.6 Å². The van der Waals surface area contributed by atoms with E-state index in [1.54, 1.807) is 22.8 Å². The van der Waals surface area contributed by atoms with E-state index in [1.165, 1.54) is 6.07 Å². The highest BCUT2D eigenvalue weighted by molar-refractivity contribution is 6.33. The maximum absolute atomic E-state index is 15.9. The van der Waals surface area contributed by atoms with Gasteiger partial charge in [0.1, 0.15) is 10.8 Å². The second kappa shape index (κ2) is 17.3. The molecule has 4 aromatic rings. The Balaban J connectivity index is 0.691. The summed E-state index contributed by atoms with van der Waals surface area (Å²) in [5.41, 5.74) is 4.46. The van der Waals surface area contributed by atoms with Crippen LogP contribution < -0.4 is 30.7 Å². The van der Waals surface area contributed by atoms with Gasteiger partial charge in [-0.05, 0) is 118 Å². The van der Waals surface area contributed by atoms with Crippen LogP contribution in [-0.4, -0.2) is 119 Å². The lowest BCUT2D eigenvalue weighted by Crippen LogP contribution is -2.49. The molecule has 1 spiro atoms. The predicted octanol–water partition coefficient (Wildman–Crippen LogP) is 6.74. The van der Waals surface area contributed by atoms with Gasteiger partial charge in [-0.15, -0.1) is 0 Å². The van der Waals surface area contributed by atoms with Crippen molar-refractivity contribution in [1.82, 2.24) is 35.3 Å². The van der Waals surface area contributed by atoms with Gasteiger partial charge in [0.2, 0.25) is 17.8 Å². The molecule has 1 aliphatic carbocycles. The Morgan fingerprint density at radius 1 is 0.971 bits per heavy atom. The number of piperidine rings is 4. The number of halogens is 4. The van der Waals surface area contributed by atoms with Gasteiger partial charge in [0.15, 0.2) is 24.4 Å². The van der Waals surface area contributed by atoms with Crippen molar-refractivity contribution in [3.8, 4) is 0 Å². The van der Waals surface area contributed by atoms with Gasteiger partial charge in [0.05, 0.1) is 40.8 Å². The molecule has 7 aliphatic rings. The van der Waals surface area contributed by atoms with Crippen LogP contribution in [0, 0.1) is 29.0 Å². The normalized spacial score (nSPS) is 27.4. The number of nitrogens with zero attached hydrogens (tertiary/aromatic N) is 8. The Morgan fingerprint density at radius 2 is 1.74 bits per heavy atom. The largest absolute Gasteiger partial charge is 0.485 e. The number of aromatic nitrogens is 4. The van der Waals surface area contributed by atoms with E-state index in [2.05, 4.69) is 47.7 Å². The highest BCUT2D eigenvalue weighted by atomic mass is 35.5. The van der Waals surface area contributed by atoms with Crippen LogP contribution in [-0.2, 0) is 21.4 Å². The van der Waals surface area contributed by atoms with Crippen LogP contribution in [0.15, 0.2) is 42.3 Å². The number of carbonyl (C=O) groups is 2. The fourth-order valence-electron chi connectivity index (χ4n) is 11.8. The molecular formula is C49H59ClF3N11O4. The highest BCUT2D eigenvalue weighted by Gasteiger charge is 2.52. The molecule has 4 N–H and O–H groups in total. The minimum Gasteiger partial charge on any atom is -0.485 e. The minimum absolute atomic E-state index is 0.0871. The number of nitrogens with one attached hydrogen (secondary N) is 3. The molecule has 68 heavy (non-hydrogen) atoms. The third-order valence-electron chi connectivity index (χ3n) is 16.2. The van der Waals surface area contributed by atoms with Crippen LogP contribution >= 0.6 is 11.6 Å². The first-order valence-corrected chi connectivity index (χ1v) is 24.6. The van der Waals surface area contributed by atoms with Gasteiger partial charge >= 0.3 is 5.92 Å². The Kier molecular flexibility index (Phi) is 11.5. The molecule has 6 aliphatic heterocycles. The summed E-state index contributed by atoms with van der Waals surface area (Å²) >= 11 is 6.69. The van der Waals surface area contributed by atoms with Gasteiger partial charge in [-0.3, -0.25) is 19.6 Å². The number of carbonyl (C=O) groups excluding carboxylic acids is 2. The number of hydrogen-bond donors (Lipinski definition) is 4. The van der Waals surface area contributed by atoms with Crippen molar-refractivity contribution in [2.75, 3.05) is 79.5 Å². The molecular weight excluding hydrogens is 899 g/mol. The second-order valence-electron chi connectivity index (χ2n) is 20.5. The van der Waals surface area contributed by atoms with E-state index < -0.39 is 30.7 Å². The molecule has 15 nitrogen and oxygen atoms in total. The van der Waals surface area contributed by atoms with Crippen molar-refractivity contribution >= 4 is 68.8 Å². The standard InChI is InChI=1S/C49H59ClF3N11O4/c1-27-24-64(38-22-37-33(21-35(38)51)40(59-61(37)3)31-7-9-39(65)56-45(31)66)15-10-29(27)25-62-16-11-48(12-17-62)13-18-63(19-14-48)47-54-23-34(50)44(58-47)55-30-6-8-36-32(20-30)41-42(46(67)60(36)2)68-26-49(52,53)43(57-41)28-4-5-28/h6,8,20-23,27-29,31,43,46,57,67H,4-5,7,9-19,24-26H2,1-3H3,(H,54,55,58)(H,56,65,66)/t27-,29-,31?,43+,46?/m1/s1. The zero-order valence-corrected chi connectivity index (χ0v) is 39.5. The molecule has 2 aromatic heterocycles. The molecule has 8 heterocycles. The molecule has 19 heteroatoms. The number of anilines is 5. The first-order valence-electron chi connectivity index (χ1n) is 24.2. The van der Waals surface area contributed by atoms with Crippen molar-refractivity contribution < 1.29 is 32.6 Å². The van der Waals surface area contributed by atoms with Crippen molar-refractivity contribution in [2.45, 2.75) is 88.8 Å². The first kappa shape index (κ1) is 45.1. The highest BCUT2D eigenvalue weighted by Crippen LogP contribution is 2.47. The SMILES string of the molecule is C[C@@H]1CN(c2cc3c(cc2F)c(C2CCC(=O)NC2=O)nn3C)CC[C@@H]1CN1CCC2(CC1)CCN(c1ncc(Cl)c(Nc3ccc4c(c3)C3=C(OCC(F)(F)[C@H](C5CC5)N3)C(O)N4C)n1)CC2. The Bertz CT molecular complexity index is 2680. The fraction of sp³-hybridized carbons (Fsp3) is 0.571. The van der Waals surface area contributed by atoms with E-state index in [-0.39, 0.29) is 41.1 Å². The number of likely N-dealkylation sites (N-methyl/N-ethyl adjacent to an activating group) is 1. The number of hydrogen-bond acceptors (Lipinski definition) is 13.